The van der Waals surface area contributed by atoms with Crippen LogP contribution in [0.25, 0.3) is 0 Å². The van der Waals surface area contributed by atoms with E-state index in [-0.39, 0.29) is 43.5 Å². The van der Waals surface area contributed by atoms with E-state index in [1.54, 1.807) is 12.2 Å². The molecule has 11 nitrogen and oxygen atoms in total. The third-order valence-corrected chi connectivity index (χ3v) is 11.1. The summed E-state index contributed by atoms with van der Waals surface area (Å²) in [6, 6.07) is 0. The second-order valence-electron chi connectivity index (χ2n) is 15.8. The Morgan fingerprint density at radius 2 is 1.25 bits per heavy atom. The number of allylic oxidation sites excluding steroid dienone is 2. The number of ether oxygens (including phenoxy) is 2. The second kappa shape index (κ2) is 34.0. The van der Waals surface area contributed by atoms with Gasteiger partial charge in [0.2, 0.25) is 0 Å². The third kappa shape index (κ3) is 29.4. The number of Topliss-reactive ketones (excluding diaryl/α,β-unsaturated/α-hetero) is 1. The van der Waals surface area contributed by atoms with Crippen LogP contribution >= 0.6 is 7.82 Å². The number of phosphoric acid groups is 1. The predicted molar refractivity (Wildman–Crippen MR) is 222 cm³/mol. The smallest absolute Gasteiger partial charge is 0.462 e. The van der Waals surface area contributed by atoms with Crippen molar-refractivity contribution in [3.63, 3.8) is 0 Å². The number of hydrogen-bond donors (Lipinski definition) is 4. The molecule has 0 spiro atoms. The topological polar surface area (TPSA) is 177 Å². The lowest BCUT2D eigenvalue weighted by Crippen LogP contribution is -2.29. The Morgan fingerprint density at radius 3 is 1.80 bits per heavy atom. The number of rotatable bonds is 37. The summed E-state index contributed by atoms with van der Waals surface area (Å²) in [7, 11) is -4.83. The van der Waals surface area contributed by atoms with E-state index < -0.39 is 44.7 Å². The highest BCUT2D eigenvalue weighted by atomic mass is 31.2. The molecule has 0 aliphatic heterocycles. The summed E-state index contributed by atoms with van der Waals surface area (Å²) in [6.45, 7) is 3.38. The number of aliphatic hydroxyl groups is 2. The molecule has 0 unspecified atom stereocenters. The molecule has 12 heteroatoms. The number of aliphatic hydroxyl groups excluding tert-OH is 2. The fourth-order valence-corrected chi connectivity index (χ4v) is 7.54. The first-order chi connectivity index (χ1) is 27.0. The van der Waals surface area contributed by atoms with Gasteiger partial charge in [-0.05, 0) is 32.1 Å². The first-order valence-electron chi connectivity index (χ1n) is 22.2. The fourth-order valence-electron chi connectivity index (χ4n) is 7.18. The molecule has 1 rings (SSSR count). The van der Waals surface area contributed by atoms with Gasteiger partial charge < -0.3 is 29.5 Å². The standard InChI is InChI=1S/C44H79O11P/c1-3-5-7-8-9-10-11-12-13-14-15-16-17-18-19-20-21-26-30-43(48)53-35-38(36-54-56(50,51)52)55-44(49)31-27-23-22-25-29-39-40(42(47)34-41(39)46)33-32-37(45)28-24-6-4-2/h22,25,32-33,37-40,42,45,47H,3-21,23-24,26-31,34-36H2,1-2H3,(H2,50,51,52)/b25-22-,33-32+/t37-,38+,39+,40+,42+/m0/s1. The van der Waals surface area contributed by atoms with Crippen molar-refractivity contribution < 1.29 is 52.9 Å². The minimum absolute atomic E-state index is 0.0134. The van der Waals surface area contributed by atoms with Crippen LogP contribution in [0, 0.1) is 11.8 Å². The average molecular weight is 815 g/mol. The maximum Gasteiger partial charge on any atom is 0.469 e. The maximum absolute atomic E-state index is 12.5. The van der Waals surface area contributed by atoms with Crippen LogP contribution in [0.5, 0.6) is 0 Å². The van der Waals surface area contributed by atoms with Gasteiger partial charge in [-0.15, -0.1) is 0 Å². The summed E-state index contributed by atoms with van der Waals surface area (Å²) in [5.41, 5.74) is 0. The van der Waals surface area contributed by atoms with E-state index in [9.17, 15) is 29.2 Å². The molecule has 1 aliphatic carbocycles. The van der Waals surface area contributed by atoms with Gasteiger partial charge in [0.05, 0.1) is 18.8 Å². The number of ketones is 1. The van der Waals surface area contributed by atoms with Gasteiger partial charge in [-0.1, -0.05) is 167 Å². The quantitative estimate of drug-likeness (QED) is 0.0203. The fraction of sp³-hybridized carbons (Fsp3) is 0.841. The third-order valence-electron chi connectivity index (χ3n) is 10.6. The average Bonchev–Trinajstić information content (AvgIpc) is 3.42. The Hall–Kier alpha value is -1.88. The maximum atomic E-state index is 12.5. The Labute approximate surface area is 339 Å². The number of carbonyl (C=O) groups is 3. The molecule has 326 valence electrons. The first-order valence-corrected chi connectivity index (χ1v) is 23.8. The van der Waals surface area contributed by atoms with E-state index >= 15 is 0 Å². The van der Waals surface area contributed by atoms with Crippen molar-refractivity contribution in [2.45, 2.75) is 212 Å². The lowest BCUT2D eigenvalue weighted by Gasteiger charge is -2.18. The molecule has 1 aliphatic rings. The molecule has 0 heterocycles. The lowest BCUT2D eigenvalue weighted by molar-refractivity contribution is -0.161. The normalized spacial score (nSPS) is 18.6. The predicted octanol–water partition coefficient (Wildman–Crippen LogP) is 10.2. The first kappa shape index (κ1) is 52.1. The SMILES string of the molecule is CCCCCCCCCCCCCCCCCCCCC(=O)OC[C@H](COP(=O)(O)O)OC(=O)CCC/C=C\C[C@H]1C(=O)C[C@@H](O)[C@@H]1/C=C/[C@@H](O)CCCCC. The molecule has 0 aromatic heterocycles. The van der Waals surface area contributed by atoms with E-state index in [1.807, 2.05) is 12.2 Å². The van der Waals surface area contributed by atoms with Gasteiger partial charge in [0, 0.05) is 31.1 Å². The molecule has 0 aromatic rings. The molecule has 0 aromatic carbocycles. The van der Waals surface area contributed by atoms with Gasteiger partial charge in [0.25, 0.3) is 0 Å². The number of unbranched alkanes of at least 4 members (excludes halogenated alkanes) is 20. The van der Waals surface area contributed by atoms with Gasteiger partial charge in [0.1, 0.15) is 12.4 Å². The monoisotopic (exact) mass is 815 g/mol. The molecule has 0 amide bonds. The highest BCUT2D eigenvalue weighted by Crippen LogP contribution is 2.36. The van der Waals surface area contributed by atoms with Gasteiger partial charge >= 0.3 is 19.8 Å². The Bertz CT molecular complexity index is 1120. The summed E-state index contributed by atoms with van der Waals surface area (Å²) < 4.78 is 26.4. The van der Waals surface area contributed by atoms with Gasteiger partial charge in [-0.2, -0.15) is 0 Å². The summed E-state index contributed by atoms with van der Waals surface area (Å²) in [5.74, 6) is -1.82. The van der Waals surface area contributed by atoms with Crippen LogP contribution in [-0.2, 0) is 32.9 Å². The molecular formula is C44H79O11P. The highest BCUT2D eigenvalue weighted by molar-refractivity contribution is 7.46. The zero-order chi connectivity index (χ0) is 41.3. The van der Waals surface area contributed by atoms with E-state index in [0.717, 1.165) is 38.5 Å². The summed E-state index contributed by atoms with van der Waals surface area (Å²) >= 11 is 0. The second-order valence-corrected chi connectivity index (χ2v) is 17.0. The highest BCUT2D eigenvalue weighted by Gasteiger charge is 2.39. The minimum Gasteiger partial charge on any atom is -0.462 e. The zero-order valence-electron chi connectivity index (χ0n) is 35.0. The summed E-state index contributed by atoms with van der Waals surface area (Å²) in [5, 5.41) is 20.6. The van der Waals surface area contributed by atoms with Crippen LogP contribution in [0.15, 0.2) is 24.3 Å². The molecule has 0 bridgehead atoms. The van der Waals surface area contributed by atoms with Crippen LogP contribution in [0.3, 0.4) is 0 Å². The van der Waals surface area contributed by atoms with E-state index in [2.05, 4.69) is 18.4 Å². The van der Waals surface area contributed by atoms with Crippen molar-refractivity contribution in [3.05, 3.63) is 24.3 Å². The largest absolute Gasteiger partial charge is 0.469 e. The van der Waals surface area contributed by atoms with E-state index in [4.69, 9.17) is 19.3 Å². The molecule has 5 atom stereocenters. The van der Waals surface area contributed by atoms with Crippen molar-refractivity contribution in [2.75, 3.05) is 13.2 Å². The lowest BCUT2D eigenvalue weighted by atomic mass is 9.90. The Balaban J connectivity index is 2.24. The minimum atomic E-state index is -4.83. The molecule has 1 fully saturated rings. The number of hydrogen-bond acceptors (Lipinski definition) is 9. The van der Waals surface area contributed by atoms with Crippen LogP contribution in [0.2, 0.25) is 0 Å². The molecule has 0 radical (unpaired) electrons. The van der Waals surface area contributed by atoms with Crippen LogP contribution in [0.1, 0.15) is 194 Å². The van der Waals surface area contributed by atoms with Gasteiger partial charge in [-0.3, -0.25) is 18.9 Å². The summed E-state index contributed by atoms with van der Waals surface area (Å²) in [6.07, 6.45) is 32.6. The van der Waals surface area contributed by atoms with Gasteiger partial charge in [0.15, 0.2) is 6.10 Å². The summed E-state index contributed by atoms with van der Waals surface area (Å²) in [4.78, 5) is 55.6. The number of carbonyl (C=O) groups excluding carboxylic acids is 3. The van der Waals surface area contributed by atoms with Crippen molar-refractivity contribution in [3.8, 4) is 0 Å². The van der Waals surface area contributed by atoms with E-state index in [0.29, 0.717) is 32.1 Å². The van der Waals surface area contributed by atoms with Crippen molar-refractivity contribution in [2.24, 2.45) is 11.8 Å². The molecule has 56 heavy (non-hydrogen) atoms. The number of esters is 2. The molecule has 0 saturated heterocycles. The zero-order valence-corrected chi connectivity index (χ0v) is 35.9. The van der Waals surface area contributed by atoms with Crippen LogP contribution in [0.4, 0.5) is 0 Å². The van der Waals surface area contributed by atoms with Crippen molar-refractivity contribution >= 4 is 25.5 Å². The molecule has 1 saturated carbocycles. The van der Waals surface area contributed by atoms with Crippen molar-refractivity contribution in [1.82, 2.24) is 0 Å². The van der Waals surface area contributed by atoms with Gasteiger partial charge in [-0.25, -0.2) is 4.57 Å². The Morgan fingerprint density at radius 1 is 0.732 bits per heavy atom. The van der Waals surface area contributed by atoms with Crippen LogP contribution < -0.4 is 0 Å². The Kier molecular flexibility index (Phi) is 31.7. The van der Waals surface area contributed by atoms with Crippen molar-refractivity contribution in [1.29, 1.82) is 0 Å². The van der Waals surface area contributed by atoms with Crippen LogP contribution in [-0.4, -0.2) is 69.2 Å². The van der Waals surface area contributed by atoms with E-state index in [1.165, 1.54) is 89.9 Å². The molecule has 4 N–H and O–H groups in total. The molecular weight excluding hydrogens is 735 g/mol. The number of phosphoric ester groups is 1.